The molecule has 0 radical (unpaired) electrons. The molecule has 2 aromatic heterocycles. The topological polar surface area (TPSA) is 87.1 Å². The van der Waals surface area contributed by atoms with Crippen LogP contribution in [0.2, 0.25) is 0 Å². The van der Waals surface area contributed by atoms with E-state index in [4.69, 9.17) is 0 Å². The van der Waals surface area contributed by atoms with Crippen molar-refractivity contribution in [3.05, 3.63) is 16.6 Å². The van der Waals surface area contributed by atoms with Gasteiger partial charge in [-0.2, -0.15) is 5.10 Å². The largest absolute Gasteiger partial charge is 0.340 e. The first kappa shape index (κ1) is 15.6. The van der Waals surface area contributed by atoms with Crippen LogP contribution < -0.4 is 5.56 Å². The molecule has 2 aliphatic rings. The number of thioether (sulfide) groups is 1. The number of H-pyrrole nitrogens is 1. The van der Waals surface area contributed by atoms with E-state index >= 15 is 0 Å². The third-order valence-electron chi connectivity index (χ3n) is 4.83. The molecule has 24 heavy (non-hydrogen) atoms. The second kappa shape index (κ2) is 6.21. The van der Waals surface area contributed by atoms with Gasteiger partial charge in [-0.05, 0) is 6.54 Å². The average molecular weight is 348 g/mol. The van der Waals surface area contributed by atoms with Crippen molar-refractivity contribution in [2.24, 2.45) is 0 Å². The average Bonchev–Trinajstić information content (AvgIpc) is 3.23. The number of aromatic amines is 1. The zero-order valence-electron chi connectivity index (χ0n) is 13.6. The highest BCUT2D eigenvalue weighted by Crippen LogP contribution is 2.33. The van der Waals surface area contributed by atoms with E-state index in [-0.39, 0.29) is 17.5 Å². The minimum absolute atomic E-state index is 0.109. The number of amides is 1. The molecule has 0 bridgehead atoms. The second-order valence-corrected chi connectivity index (χ2v) is 7.17. The molecule has 0 aromatic carbocycles. The molecule has 8 nitrogen and oxygen atoms in total. The zero-order valence-corrected chi connectivity index (χ0v) is 14.4. The highest BCUT2D eigenvalue weighted by Gasteiger charge is 2.31. The van der Waals surface area contributed by atoms with Gasteiger partial charge in [-0.3, -0.25) is 19.3 Å². The summed E-state index contributed by atoms with van der Waals surface area (Å²) in [4.78, 5) is 34.0. The summed E-state index contributed by atoms with van der Waals surface area (Å²) in [7, 11) is 0. The molecule has 128 valence electrons. The van der Waals surface area contributed by atoms with Crippen molar-refractivity contribution in [2.75, 3.05) is 38.5 Å². The van der Waals surface area contributed by atoms with Crippen molar-refractivity contribution in [3.8, 4) is 0 Å². The Morgan fingerprint density at radius 1 is 1.38 bits per heavy atom. The van der Waals surface area contributed by atoms with Crippen LogP contribution >= 0.6 is 11.8 Å². The van der Waals surface area contributed by atoms with Crippen LogP contribution in [0.15, 0.2) is 16.1 Å². The molecular formula is C15H20N6O2S. The Morgan fingerprint density at radius 3 is 2.92 bits per heavy atom. The van der Waals surface area contributed by atoms with Crippen LogP contribution in [0.5, 0.6) is 0 Å². The maximum Gasteiger partial charge on any atom is 0.265 e. The molecule has 1 saturated heterocycles. The maximum atomic E-state index is 12.6. The predicted octanol–water partition coefficient (Wildman–Crippen LogP) is 0.321. The highest BCUT2D eigenvalue weighted by molar-refractivity contribution is 7.99. The Kier molecular flexibility index (Phi) is 4.05. The van der Waals surface area contributed by atoms with Gasteiger partial charge >= 0.3 is 0 Å². The molecule has 4 heterocycles. The lowest BCUT2D eigenvalue weighted by molar-refractivity contribution is -0.133. The third-order valence-corrected chi connectivity index (χ3v) is 5.93. The molecule has 4 rings (SSSR count). The van der Waals surface area contributed by atoms with Crippen LogP contribution in [-0.2, 0) is 4.79 Å². The van der Waals surface area contributed by atoms with Crippen molar-refractivity contribution < 1.29 is 4.79 Å². The summed E-state index contributed by atoms with van der Waals surface area (Å²) < 4.78 is 1.67. The van der Waals surface area contributed by atoms with Gasteiger partial charge in [0.15, 0.2) is 10.8 Å². The monoisotopic (exact) mass is 348 g/mol. The number of carbonyl (C=O) groups excluding carboxylic acids is 1. The summed E-state index contributed by atoms with van der Waals surface area (Å²) in [6.45, 7) is 6.56. The first-order valence-corrected chi connectivity index (χ1v) is 9.24. The first-order chi connectivity index (χ1) is 11.7. The van der Waals surface area contributed by atoms with Gasteiger partial charge in [0, 0.05) is 38.4 Å². The summed E-state index contributed by atoms with van der Waals surface area (Å²) in [5.74, 6) is 0.839. The summed E-state index contributed by atoms with van der Waals surface area (Å²) in [6.07, 6.45) is 1.86. The molecule has 1 fully saturated rings. The highest BCUT2D eigenvalue weighted by atomic mass is 32.2. The summed E-state index contributed by atoms with van der Waals surface area (Å²) >= 11 is 1.53. The fourth-order valence-corrected chi connectivity index (χ4v) is 4.49. The van der Waals surface area contributed by atoms with Gasteiger partial charge < -0.3 is 9.80 Å². The number of fused-ring (bicyclic) bond motifs is 2. The number of aromatic nitrogens is 4. The fraction of sp³-hybridized carbons (Fsp3) is 0.600. The lowest BCUT2D eigenvalue weighted by Gasteiger charge is -2.34. The quantitative estimate of drug-likeness (QED) is 0.804. The summed E-state index contributed by atoms with van der Waals surface area (Å²) in [5, 5.41) is 7.78. The number of rotatable bonds is 3. The van der Waals surface area contributed by atoms with Crippen molar-refractivity contribution in [1.29, 1.82) is 0 Å². The Bertz CT molecular complexity index is 823. The van der Waals surface area contributed by atoms with E-state index in [0.717, 1.165) is 32.7 Å². The summed E-state index contributed by atoms with van der Waals surface area (Å²) in [5.41, 5.74) is 0.406. The van der Waals surface area contributed by atoms with Crippen LogP contribution in [0.3, 0.4) is 0 Å². The van der Waals surface area contributed by atoms with Crippen LogP contribution in [-0.4, -0.2) is 73.9 Å². The van der Waals surface area contributed by atoms with E-state index in [1.54, 1.807) is 4.57 Å². The van der Waals surface area contributed by atoms with Crippen molar-refractivity contribution in [2.45, 2.75) is 24.5 Å². The lowest BCUT2D eigenvalue weighted by Crippen LogP contribution is -2.49. The molecule has 1 atom stereocenters. The molecule has 2 aromatic rings. The van der Waals surface area contributed by atoms with Gasteiger partial charge in [0.2, 0.25) is 5.91 Å². The second-order valence-electron chi connectivity index (χ2n) is 6.19. The van der Waals surface area contributed by atoms with E-state index in [1.165, 1.54) is 18.0 Å². The SMILES string of the molecule is CCN1CCN(C(=O)CC2CSc3nc4[nH]ncc4c(=O)n32)CC1. The predicted molar refractivity (Wildman–Crippen MR) is 91.2 cm³/mol. The van der Waals surface area contributed by atoms with Crippen molar-refractivity contribution in [3.63, 3.8) is 0 Å². The molecule has 9 heteroatoms. The number of hydrogen-bond donors (Lipinski definition) is 1. The van der Waals surface area contributed by atoms with E-state index in [1.807, 2.05) is 4.90 Å². The molecular weight excluding hydrogens is 328 g/mol. The molecule has 1 N–H and O–H groups in total. The molecule has 0 saturated carbocycles. The van der Waals surface area contributed by atoms with Gasteiger partial charge in [0.25, 0.3) is 5.56 Å². The van der Waals surface area contributed by atoms with Gasteiger partial charge in [0.05, 0.1) is 12.2 Å². The van der Waals surface area contributed by atoms with E-state index in [2.05, 4.69) is 27.0 Å². The van der Waals surface area contributed by atoms with Gasteiger partial charge in [-0.1, -0.05) is 18.7 Å². The van der Waals surface area contributed by atoms with E-state index < -0.39 is 0 Å². The first-order valence-electron chi connectivity index (χ1n) is 8.26. The Balaban J connectivity index is 1.52. The molecule has 1 amide bonds. The number of piperazine rings is 1. The standard InChI is InChI=1S/C15H20N6O2S/c1-2-19-3-5-20(6-4-19)12(22)7-10-9-24-15-17-13-11(8-16-18-13)14(23)21(10)15/h8,10H,2-7,9H2,1H3,(H,16,18). The Hall–Kier alpha value is -1.87. The van der Waals surface area contributed by atoms with Gasteiger partial charge in [0.1, 0.15) is 5.39 Å². The number of nitrogens with one attached hydrogen (secondary N) is 1. The van der Waals surface area contributed by atoms with E-state index in [0.29, 0.717) is 28.4 Å². The van der Waals surface area contributed by atoms with Gasteiger partial charge in [-0.25, -0.2) is 4.98 Å². The maximum absolute atomic E-state index is 12.6. The lowest BCUT2D eigenvalue weighted by atomic mass is 10.2. The summed E-state index contributed by atoms with van der Waals surface area (Å²) in [6, 6.07) is -0.124. The Morgan fingerprint density at radius 2 is 2.17 bits per heavy atom. The van der Waals surface area contributed by atoms with Crippen LogP contribution in [0.25, 0.3) is 11.0 Å². The normalized spacial score (nSPS) is 21.4. The Labute approximate surface area is 143 Å². The fourth-order valence-electron chi connectivity index (χ4n) is 3.35. The molecule has 1 unspecified atom stereocenters. The smallest absolute Gasteiger partial charge is 0.265 e. The third kappa shape index (κ3) is 2.61. The number of nitrogens with zero attached hydrogens (tertiary/aromatic N) is 5. The number of likely N-dealkylation sites (N-methyl/N-ethyl adjacent to an activating group) is 1. The molecule has 0 spiro atoms. The van der Waals surface area contributed by atoms with Crippen molar-refractivity contribution in [1.82, 2.24) is 29.5 Å². The van der Waals surface area contributed by atoms with Crippen LogP contribution in [0.1, 0.15) is 19.4 Å². The van der Waals surface area contributed by atoms with Crippen molar-refractivity contribution >= 4 is 28.7 Å². The molecule has 0 aliphatic carbocycles. The van der Waals surface area contributed by atoms with Crippen LogP contribution in [0.4, 0.5) is 0 Å². The minimum Gasteiger partial charge on any atom is -0.340 e. The van der Waals surface area contributed by atoms with Crippen LogP contribution in [0, 0.1) is 0 Å². The zero-order chi connectivity index (χ0) is 16.7. The molecule has 2 aliphatic heterocycles. The minimum atomic E-state index is -0.124. The van der Waals surface area contributed by atoms with E-state index in [9.17, 15) is 9.59 Å². The van der Waals surface area contributed by atoms with Gasteiger partial charge in [-0.15, -0.1) is 0 Å². The number of carbonyl (C=O) groups is 1. The number of hydrogen-bond acceptors (Lipinski definition) is 6.